The number of anilines is 1. The van der Waals surface area contributed by atoms with Gasteiger partial charge in [-0.05, 0) is 37.0 Å². The maximum Gasteiger partial charge on any atom is 0.248 e. The van der Waals surface area contributed by atoms with Crippen molar-refractivity contribution in [2.24, 2.45) is 5.92 Å². The Balaban J connectivity index is 1.97. The molecule has 1 nitrogen and oxygen atoms in total. The van der Waals surface area contributed by atoms with Crippen molar-refractivity contribution in [2.75, 3.05) is 11.9 Å². The Hall–Kier alpha value is -0.900. The van der Waals surface area contributed by atoms with E-state index in [1.54, 1.807) is 13.0 Å². The van der Waals surface area contributed by atoms with E-state index < -0.39 is 5.92 Å². The second-order valence-electron chi connectivity index (χ2n) is 4.93. The summed E-state index contributed by atoms with van der Waals surface area (Å²) in [7, 11) is 0. The smallest absolute Gasteiger partial charge is 0.248 e. The number of benzene rings is 1. The number of hydrogen-bond donors (Lipinski definition) is 1. The molecule has 1 unspecified atom stereocenters. The van der Waals surface area contributed by atoms with Crippen LogP contribution in [0.25, 0.3) is 0 Å². The van der Waals surface area contributed by atoms with Gasteiger partial charge in [0.2, 0.25) is 5.92 Å². The minimum absolute atomic E-state index is 0.0461. The topological polar surface area (TPSA) is 12.0 Å². The minimum atomic E-state index is -2.53. The summed E-state index contributed by atoms with van der Waals surface area (Å²) >= 11 is 5.89. The van der Waals surface area contributed by atoms with Crippen LogP contribution < -0.4 is 5.32 Å². The van der Waals surface area contributed by atoms with Gasteiger partial charge < -0.3 is 5.32 Å². The van der Waals surface area contributed by atoms with Crippen molar-refractivity contribution < 1.29 is 13.2 Å². The van der Waals surface area contributed by atoms with E-state index in [0.717, 1.165) is 0 Å². The SMILES string of the molecule is Cc1cc(NCC2CCC(F)(F)C2)c(Cl)cc1F. The summed E-state index contributed by atoms with van der Waals surface area (Å²) in [5, 5.41) is 3.31. The molecule has 0 aliphatic heterocycles. The quantitative estimate of drug-likeness (QED) is 0.849. The van der Waals surface area contributed by atoms with Gasteiger partial charge in [-0.3, -0.25) is 0 Å². The molecule has 1 aliphatic carbocycles. The molecule has 1 fully saturated rings. The molecule has 0 heterocycles. The van der Waals surface area contributed by atoms with Crippen LogP contribution >= 0.6 is 11.6 Å². The van der Waals surface area contributed by atoms with Gasteiger partial charge in [-0.1, -0.05) is 11.6 Å². The van der Waals surface area contributed by atoms with E-state index in [1.807, 2.05) is 0 Å². The van der Waals surface area contributed by atoms with Gasteiger partial charge in [0, 0.05) is 19.4 Å². The molecule has 1 aliphatic rings. The van der Waals surface area contributed by atoms with E-state index in [-0.39, 0.29) is 29.6 Å². The highest BCUT2D eigenvalue weighted by molar-refractivity contribution is 6.33. The maximum absolute atomic E-state index is 13.2. The van der Waals surface area contributed by atoms with E-state index in [4.69, 9.17) is 11.6 Å². The molecule has 1 aromatic rings. The molecule has 1 aromatic carbocycles. The molecule has 0 spiro atoms. The van der Waals surface area contributed by atoms with Gasteiger partial charge in [-0.25, -0.2) is 13.2 Å². The lowest BCUT2D eigenvalue weighted by Gasteiger charge is -2.14. The van der Waals surface area contributed by atoms with Gasteiger partial charge in [0.25, 0.3) is 0 Å². The lowest BCUT2D eigenvalue weighted by Crippen LogP contribution is -2.15. The molecule has 0 aromatic heterocycles. The average molecular weight is 278 g/mol. The Bertz CT molecular complexity index is 448. The van der Waals surface area contributed by atoms with E-state index in [0.29, 0.717) is 24.2 Å². The van der Waals surface area contributed by atoms with Crippen molar-refractivity contribution in [2.45, 2.75) is 32.1 Å². The fourth-order valence-electron chi connectivity index (χ4n) is 2.26. The van der Waals surface area contributed by atoms with Crippen LogP contribution in [0.15, 0.2) is 12.1 Å². The van der Waals surface area contributed by atoms with Gasteiger partial charge in [-0.2, -0.15) is 0 Å². The monoisotopic (exact) mass is 277 g/mol. The zero-order chi connectivity index (χ0) is 13.3. The van der Waals surface area contributed by atoms with Gasteiger partial charge in [0.15, 0.2) is 0 Å². The maximum atomic E-state index is 13.2. The van der Waals surface area contributed by atoms with Crippen LogP contribution in [0, 0.1) is 18.7 Å². The molecule has 100 valence electrons. The first-order valence-corrected chi connectivity index (χ1v) is 6.32. The van der Waals surface area contributed by atoms with Crippen LogP contribution in [0.2, 0.25) is 5.02 Å². The second-order valence-corrected chi connectivity index (χ2v) is 5.33. The molecule has 0 saturated heterocycles. The molecule has 0 amide bonds. The normalized spacial score (nSPS) is 22.2. The number of hydrogen-bond acceptors (Lipinski definition) is 1. The zero-order valence-electron chi connectivity index (χ0n) is 10.1. The lowest BCUT2D eigenvalue weighted by atomic mass is 10.1. The van der Waals surface area contributed by atoms with E-state index in [2.05, 4.69) is 5.32 Å². The first-order chi connectivity index (χ1) is 8.37. The first kappa shape index (κ1) is 13.5. The van der Waals surface area contributed by atoms with Crippen LogP contribution in [0.4, 0.5) is 18.9 Å². The first-order valence-electron chi connectivity index (χ1n) is 5.95. The minimum Gasteiger partial charge on any atom is -0.384 e. The highest BCUT2D eigenvalue weighted by Crippen LogP contribution is 2.39. The third-order valence-corrected chi connectivity index (χ3v) is 3.65. The highest BCUT2D eigenvalue weighted by Gasteiger charge is 2.39. The van der Waals surface area contributed by atoms with E-state index >= 15 is 0 Å². The zero-order valence-corrected chi connectivity index (χ0v) is 10.8. The number of aryl methyl sites for hydroxylation is 1. The lowest BCUT2D eigenvalue weighted by molar-refractivity contribution is 0.00556. The van der Waals surface area contributed by atoms with Gasteiger partial charge >= 0.3 is 0 Å². The van der Waals surface area contributed by atoms with Crippen LogP contribution in [-0.4, -0.2) is 12.5 Å². The van der Waals surface area contributed by atoms with Crippen molar-refractivity contribution in [1.29, 1.82) is 0 Å². The van der Waals surface area contributed by atoms with Crippen LogP contribution in [-0.2, 0) is 0 Å². The predicted octanol–water partition coefficient (Wildman–Crippen LogP) is 4.63. The fourth-order valence-corrected chi connectivity index (χ4v) is 2.48. The molecule has 5 heteroatoms. The molecule has 0 radical (unpaired) electrons. The van der Waals surface area contributed by atoms with Crippen molar-refractivity contribution in [1.82, 2.24) is 0 Å². The van der Waals surface area contributed by atoms with Crippen molar-refractivity contribution in [3.63, 3.8) is 0 Å². The Morgan fingerprint density at radius 2 is 2.17 bits per heavy atom. The summed E-state index contributed by atoms with van der Waals surface area (Å²) in [4.78, 5) is 0. The van der Waals surface area contributed by atoms with Crippen LogP contribution in [0.3, 0.4) is 0 Å². The molecule has 1 atom stereocenters. The average Bonchev–Trinajstić information content (AvgIpc) is 2.62. The third kappa shape index (κ3) is 3.10. The predicted molar refractivity (Wildman–Crippen MR) is 66.9 cm³/mol. The van der Waals surface area contributed by atoms with E-state index in [9.17, 15) is 13.2 Å². The van der Waals surface area contributed by atoms with Crippen molar-refractivity contribution >= 4 is 17.3 Å². The number of halogens is 4. The molecule has 1 N–H and O–H groups in total. The Labute approximate surface area is 109 Å². The Morgan fingerprint density at radius 1 is 1.44 bits per heavy atom. The molecule has 1 saturated carbocycles. The number of rotatable bonds is 3. The molecular formula is C13H15ClF3N. The summed E-state index contributed by atoms with van der Waals surface area (Å²) in [5.41, 5.74) is 1.09. The highest BCUT2D eigenvalue weighted by atomic mass is 35.5. The molecule has 0 bridgehead atoms. The largest absolute Gasteiger partial charge is 0.384 e. The molecule has 18 heavy (non-hydrogen) atoms. The van der Waals surface area contributed by atoms with Gasteiger partial charge in [0.05, 0.1) is 10.7 Å². The summed E-state index contributed by atoms with van der Waals surface area (Å²) in [5.74, 6) is -2.95. The Morgan fingerprint density at radius 3 is 2.78 bits per heavy atom. The van der Waals surface area contributed by atoms with Crippen molar-refractivity contribution in [3.05, 3.63) is 28.5 Å². The van der Waals surface area contributed by atoms with Crippen LogP contribution in [0.5, 0.6) is 0 Å². The summed E-state index contributed by atoms with van der Waals surface area (Å²) in [6.45, 7) is 2.08. The third-order valence-electron chi connectivity index (χ3n) is 3.34. The van der Waals surface area contributed by atoms with Gasteiger partial charge in [-0.15, -0.1) is 0 Å². The Kier molecular flexibility index (Phi) is 3.76. The molecule has 2 rings (SSSR count). The van der Waals surface area contributed by atoms with E-state index in [1.165, 1.54) is 6.07 Å². The second kappa shape index (κ2) is 5.00. The van der Waals surface area contributed by atoms with Crippen LogP contribution in [0.1, 0.15) is 24.8 Å². The number of nitrogens with one attached hydrogen (secondary N) is 1. The fraction of sp³-hybridized carbons (Fsp3) is 0.538. The molecular weight excluding hydrogens is 263 g/mol. The van der Waals surface area contributed by atoms with Gasteiger partial charge in [0.1, 0.15) is 5.82 Å². The summed E-state index contributed by atoms with van der Waals surface area (Å²) in [6.07, 6.45) is 0.380. The van der Waals surface area contributed by atoms with Crippen molar-refractivity contribution in [3.8, 4) is 0 Å². The summed E-state index contributed by atoms with van der Waals surface area (Å²) in [6, 6.07) is 2.84. The standard InChI is InChI=1S/C13H15ClF3N/c1-8-4-12(10(14)5-11(8)15)18-7-9-2-3-13(16,17)6-9/h4-5,9,18H,2-3,6-7H2,1H3. The number of alkyl halides is 2. The summed E-state index contributed by atoms with van der Waals surface area (Å²) < 4.78 is 39.2.